The molecule has 0 aliphatic rings. The molecule has 0 atom stereocenters. The molecule has 0 aromatic heterocycles. The van der Waals surface area contributed by atoms with Crippen molar-refractivity contribution in [2.45, 2.75) is 6.54 Å². The maximum absolute atomic E-state index is 13.5. The van der Waals surface area contributed by atoms with Gasteiger partial charge >= 0.3 is 0 Å². The quantitative estimate of drug-likeness (QED) is 0.943. The number of benzene rings is 2. The predicted octanol–water partition coefficient (Wildman–Crippen LogP) is 3.01. The highest BCUT2D eigenvalue weighted by Gasteiger charge is 2.09. The van der Waals surface area contributed by atoms with Crippen LogP contribution in [0.4, 0.5) is 10.1 Å². The van der Waals surface area contributed by atoms with E-state index in [1.165, 1.54) is 11.0 Å². The second kappa shape index (κ2) is 6.72. The fourth-order valence-corrected chi connectivity index (χ4v) is 2.05. The van der Waals surface area contributed by atoms with Crippen molar-refractivity contribution < 1.29 is 9.18 Å². The number of amides is 1. The van der Waals surface area contributed by atoms with Crippen LogP contribution in [-0.2, 0) is 6.54 Å². The predicted molar refractivity (Wildman–Crippen MR) is 82.9 cm³/mol. The topological polar surface area (TPSA) is 56.1 Å². The Kier molecular flexibility index (Phi) is 4.74. The van der Waals surface area contributed by atoms with Gasteiger partial charge in [0.05, 0.1) is 5.69 Å². The number of nitrogens with zero attached hydrogens (tertiary/aromatic N) is 2. The molecule has 1 amide bonds. The summed E-state index contributed by atoms with van der Waals surface area (Å²) >= 11 is 0. The summed E-state index contributed by atoms with van der Waals surface area (Å²) in [5.74, 6) is -0.630. The van der Waals surface area contributed by atoms with E-state index in [1.807, 2.05) is 12.1 Å². The lowest BCUT2D eigenvalue weighted by molar-refractivity contribution is 0.0827. The zero-order valence-corrected chi connectivity index (χ0v) is 12.4. The highest BCUT2D eigenvalue weighted by molar-refractivity contribution is 5.94. The molecule has 2 aromatic carbocycles. The Labute approximate surface area is 128 Å². The molecule has 1 N–H and O–H groups in total. The third-order valence-corrected chi connectivity index (χ3v) is 3.19. The van der Waals surface area contributed by atoms with Crippen LogP contribution in [-0.4, -0.2) is 24.9 Å². The van der Waals surface area contributed by atoms with Crippen molar-refractivity contribution in [2.24, 2.45) is 0 Å². The van der Waals surface area contributed by atoms with Gasteiger partial charge in [0.2, 0.25) is 0 Å². The Morgan fingerprint density at radius 2 is 2.00 bits per heavy atom. The van der Waals surface area contributed by atoms with Crippen molar-refractivity contribution in [1.29, 1.82) is 5.26 Å². The van der Waals surface area contributed by atoms with Crippen molar-refractivity contribution in [3.8, 4) is 6.07 Å². The van der Waals surface area contributed by atoms with Crippen LogP contribution in [0.1, 0.15) is 21.5 Å². The summed E-state index contributed by atoms with van der Waals surface area (Å²) in [5, 5.41) is 12.0. The van der Waals surface area contributed by atoms with Crippen LogP contribution in [0.3, 0.4) is 0 Å². The maximum Gasteiger partial charge on any atom is 0.253 e. The first-order chi connectivity index (χ1) is 10.5. The van der Waals surface area contributed by atoms with Gasteiger partial charge in [-0.05, 0) is 29.8 Å². The number of hydrogen-bond donors (Lipinski definition) is 1. The summed E-state index contributed by atoms with van der Waals surface area (Å²) in [5.41, 5.74) is 1.89. The molecule has 0 fully saturated rings. The van der Waals surface area contributed by atoms with Crippen molar-refractivity contribution >= 4 is 11.6 Å². The van der Waals surface area contributed by atoms with Gasteiger partial charge in [0.1, 0.15) is 17.4 Å². The minimum Gasteiger partial charge on any atom is -0.380 e. The molecule has 0 bridgehead atoms. The highest BCUT2D eigenvalue weighted by atomic mass is 19.1. The average molecular weight is 297 g/mol. The molecule has 0 aliphatic carbocycles. The largest absolute Gasteiger partial charge is 0.380 e. The first kappa shape index (κ1) is 15.5. The van der Waals surface area contributed by atoms with Crippen LogP contribution >= 0.6 is 0 Å². The molecule has 4 nitrogen and oxygen atoms in total. The normalized spacial score (nSPS) is 9.91. The fraction of sp³-hybridized carbons (Fsp3) is 0.176. The van der Waals surface area contributed by atoms with E-state index in [0.29, 0.717) is 17.8 Å². The molecule has 2 aromatic rings. The van der Waals surface area contributed by atoms with Crippen molar-refractivity contribution in [1.82, 2.24) is 4.90 Å². The van der Waals surface area contributed by atoms with Gasteiger partial charge in [0.25, 0.3) is 5.91 Å². The van der Waals surface area contributed by atoms with E-state index in [-0.39, 0.29) is 11.5 Å². The Morgan fingerprint density at radius 3 is 2.68 bits per heavy atom. The summed E-state index contributed by atoms with van der Waals surface area (Å²) < 4.78 is 13.5. The number of rotatable bonds is 4. The monoisotopic (exact) mass is 297 g/mol. The lowest BCUT2D eigenvalue weighted by Crippen LogP contribution is -2.21. The number of anilines is 1. The maximum atomic E-state index is 13.5. The van der Waals surface area contributed by atoms with Gasteiger partial charge in [-0.3, -0.25) is 4.79 Å². The van der Waals surface area contributed by atoms with E-state index in [0.717, 1.165) is 5.56 Å². The molecule has 0 heterocycles. The van der Waals surface area contributed by atoms with Crippen molar-refractivity contribution in [2.75, 3.05) is 19.4 Å². The number of halogens is 1. The van der Waals surface area contributed by atoms with Crippen LogP contribution in [0.2, 0.25) is 0 Å². The lowest BCUT2D eigenvalue weighted by atomic mass is 10.1. The minimum absolute atomic E-state index is 0.0111. The van der Waals surface area contributed by atoms with Crippen LogP contribution in [0.25, 0.3) is 0 Å². The molecule has 112 valence electrons. The minimum atomic E-state index is -0.552. The molecule has 5 heteroatoms. The third-order valence-electron chi connectivity index (χ3n) is 3.19. The highest BCUT2D eigenvalue weighted by Crippen LogP contribution is 2.19. The van der Waals surface area contributed by atoms with Gasteiger partial charge in [-0.2, -0.15) is 5.26 Å². The van der Waals surface area contributed by atoms with Gasteiger partial charge in [0, 0.05) is 26.2 Å². The van der Waals surface area contributed by atoms with Gasteiger partial charge in [-0.1, -0.05) is 18.2 Å². The van der Waals surface area contributed by atoms with E-state index in [2.05, 4.69) is 5.32 Å². The summed E-state index contributed by atoms with van der Waals surface area (Å²) in [6.07, 6.45) is 0. The van der Waals surface area contributed by atoms with Gasteiger partial charge in [-0.15, -0.1) is 0 Å². The summed E-state index contributed by atoms with van der Waals surface area (Å²) in [4.78, 5) is 13.4. The molecule has 0 saturated heterocycles. The summed E-state index contributed by atoms with van der Waals surface area (Å²) in [6, 6.07) is 13.5. The Morgan fingerprint density at radius 1 is 1.27 bits per heavy atom. The number of nitrogens with one attached hydrogen (secondary N) is 1. The fourth-order valence-electron chi connectivity index (χ4n) is 2.05. The number of carbonyl (C=O) groups excluding carboxylic acids is 1. The molecule has 0 unspecified atom stereocenters. The molecule has 0 aliphatic heterocycles. The molecule has 0 radical (unpaired) electrons. The smallest absolute Gasteiger partial charge is 0.253 e. The SMILES string of the molecule is CN(C)C(=O)c1cccc(CNc2cccc(F)c2C#N)c1. The van der Waals surface area contributed by atoms with Gasteiger partial charge in [0.15, 0.2) is 0 Å². The standard InChI is InChI=1S/C17H16FN3O/c1-21(2)17(22)13-6-3-5-12(9-13)11-20-16-8-4-7-15(18)14(16)10-19/h3-9,20H,11H2,1-2H3. The summed E-state index contributed by atoms with van der Waals surface area (Å²) in [6.45, 7) is 0.396. The molecule has 0 spiro atoms. The van der Waals surface area contributed by atoms with Crippen LogP contribution in [0.15, 0.2) is 42.5 Å². The summed E-state index contributed by atoms with van der Waals surface area (Å²) in [7, 11) is 3.39. The van der Waals surface area contributed by atoms with Crippen LogP contribution in [0, 0.1) is 17.1 Å². The molecule has 2 rings (SSSR count). The van der Waals surface area contributed by atoms with E-state index in [1.54, 1.807) is 44.4 Å². The molecule has 0 saturated carbocycles. The third kappa shape index (κ3) is 3.41. The zero-order valence-electron chi connectivity index (χ0n) is 12.4. The molecular weight excluding hydrogens is 281 g/mol. The molecule has 22 heavy (non-hydrogen) atoms. The molecular formula is C17H16FN3O. The van der Waals surface area contributed by atoms with E-state index >= 15 is 0 Å². The van der Waals surface area contributed by atoms with E-state index < -0.39 is 5.82 Å². The number of nitriles is 1. The Balaban J connectivity index is 2.16. The zero-order chi connectivity index (χ0) is 16.1. The van der Waals surface area contributed by atoms with Crippen molar-refractivity contribution in [3.63, 3.8) is 0 Å². The van der Waals surface area contributed by atoms with Gasteiger partial charge < -0.3 is 10.2 Å². The number of hydrogen-bond acceptors (Lipinski definition) is 3. The lowest BCUT2D eigenvalue weighted by Gasteiger charge is -2.12. The second-order valence-corrected chi connectivity index (χ2v) is 5.03. The van der Waals surface area contributed by atoms with Gasteiger partial charge in [-0.25, -0.2) is 4.39 Å². The van der Waals surface area contributed by atoms with Crippen molar-refractivity contribution in [3.05, 3.63) is 65.0 Å². The Bertz CT molecular complexity index is 735. The van der Waals surface area contributed by atoms with Crippen LogP contribution in [0.5, 0.6) is 0 Å². The van der Waals surface area contributed by atoms with Crippen LogP contribution < -0.4 is 5.32 Å². The average Bonchev–Trinajstić information content (AvgIpc) is 2.52. The first-order valence-electron chi connectivity index (χ1n) is 6.76. The number of carbonyl (C=O) groups is 1. The van der Waals surface area contributed by atoms with E-state index in [9.17, 15) is 9.18 Å². The van der Waals surface area contributed by atoms with E-state index in [4.69, 9.17) is 5.26 Å². The Hall–Kier alpha value is -2.87. The first-order valence-corrected chi connectivity index (χ1v) is 6.76. The second-order valence-electron chi connectivity index (χ2n) is 5.03.